The molecule has 0 bridgehead atoms. The Hall–Kier alpha value is -1.95. The van der Waals surface area contributed by atoms with Gasteiger partial charge in [-0.05, 0) is 69.5 Å². The molecule has 3 aromatic rings. The fraction of sp³-hybridized carbons (Fsp3) is 0.308. The Labute approximate surface area is 171 Å². The minimum Gasteiger partial charge on any atom is -0.325 e. The standard InChI is InChI=1S/C26H33NP/c1-4-26(3,27)21-20-22(2)28(23-14-8-5-9-15-23,24-16-10-6-11-17-24)25-18-12-7-13-19-25/h5-19,22H,4,20-21,27H2,1-3H3/q+1. The minimum absolute atomic E-state index is 0.103. The van der Waals surface area contributed by atoms with E-state index in [1.165, 1.54) is 15.9 Å². The molecule has 2 unspecified atom stereocenters. The lowest BCUT2D eigenvalue weighted by molar-refractivity contribution is 0.405. The lowest BCUT2D eigenvalue weighted by atomic mass is 9.93. The summed E-state index contributed by atoms with van der Waals surface area (Å²) in [4.78, 5) is 0. The SMILES string of the molecule is CCC(C)(N)CCC(C)[P+](c1ccccc1)(c1ccccc1)c1ccccc1. The van der Waals surface area contributed by atoms with Gasteiger partial charge in [0, 0.05) is 5.54 Å². The summed E-state index contributed by atoms with van der Waals surface area (Å²) in [6.07, 6.45) is 3.17. The first kappa shape index (κ1) is 20.8. The average molecular weight is 391 g/mol. The van der Waals surface area contributed by atoms with Crippen molar-refractivity contribution in [1.82, 2.24) is 0 Å². The largest absolute Gasteiger partial charge is 0.325 e. The Kier molecular flexibility index (Phi) is 6.70. The normalized spacial score (nSPS) is 15.0. The second kappa shape index (κ2) is 9.03. The van der Waals surface area contributed by atoms with E-state index in [9.17, 15) is 0 Å². The van der Waals surface area contributed by atoms with E-state index >= 15 is 0 Å². The Balaban J connectivity index is 2.19. The van der Waals surface area contributed by atoms with Crippen molar-refractivity contribution in [3.05, 3.63) is 91.0 Å². The van der Waals surface area contributed by atoms with Gasteiger partial charge in [0.15, 0.2) is 0 Å². The minimum atomic E-state index is -1.80. The molecule has 0 radical (unpaired) electrons. The van der Waals surface area contributed by atoms with Gasteiger partial charge < -0.3 is 5.73 Å². The van der Waals surface area contributed by atoms with Crippen LogP contribution >= 0.6 is 7.26 Å². The molecule has 2 N–H and O–H groups in total. The number of benzene rings is 3. The van der Waals surface area contributed by atoms with Gasteiger partial charge >= 0.3 is 0 Å². The summed E-state index contributed by atoms with van der Waals surface area (Å²) in [7, 11) is -1.80. The third kappa shape index (κ3) is 4.22. The van der Waals surface area contributed by atoms with E-state index in [4.69, 9.17) is 5.73 Å². The van der Waals surface area contributed by atoms with Crippen LogP contribution in [0.15, 0.2) is 91.0 Å². The zero-order valence-electron chi connectivity index (χ0n) is 17.4. The van der Waals surface area contributed by atoms with Gasteiger partial charge in [0.05, 0.1) is 5.66 Å². The highest BCUT2D eigenvalue weighted by atomic mass is 31.2. The Morgan fingerprint density at radius 1 is 0.750 bits per heavy atom. The van der Waals surface area contributed by atoms with Gasteiger partial charge in [-0.25, -0.2) is 0 Å². The highest BCUT2D eigenvalue weighted by Crippen LogP contribution is 2.60. The quantitative estimate of drug-likeness (QED) is 0.521. The van der Waals surface area contributed by atoms with Gasteiger partial charge in [0.1, 0.15) is 23.2 Å². The maximum atomic E-state index is 6.54. The molecule has 2 heteroatoms. The fourth-order valence-electron chi connectivity index (χ4n) is 4.11. The van der Waals surface area contributed by atoms with Crippen LogP contribution in [-0.2, 0) is 0 Å². The molecular weight excluding hydrogens is 357 g/mol. The summed E-state index contributed by atoms with van der Waals surface area (Å²) in [5.74, 6) is 0. The molecule has 0 fully saturated rings. The summed E-state index contributed by atoms with van der Waals surface area (Å²) in [5, 5.41) is 4.36. The highest BCUT2D eigenvalue weighted by Gasteiger charge is 2.50. The van der Waals surface area contributed by atoms with Crippen molar-refractivity contribution in [1.29, 1.82) is 0 Å². The molecule has 28 heavy (non-hydrogen) atoms. The fourth-order valence-corrected chi connectivity index (χ4v) is 8.97. The Bertz CT molecular complexity index is 747. The molecular formula is C26H33NP+. The Morgan fingerprint density at radius 3 is 1.43 bits per heavy atom. The molecule has 3 aromatic carbocycles. The summed E-state index contributed by atoms with van der Waals surface area (Å²) < 4.78 is 0. The molecule has 0 amide bonds. The van der Waals surface area contributed by atoms with Crippen LogP contribution in [0.25, 0.3) is 0 Å². The monoisotopic (exact) mass is 390 g/mol. The van der Waals surface area contributed by atoms with Crippen molar-refractivity contribution >= 4 is 23.2 Å². The number of rotatable bonds is 8. The van der Waals surface area contributed by atoms with Crippen molar-refractivity contribution < 1.29 is 0 Å². The lowest BCUT2D eigenvalue weighted by Gasteiger charge is -2.34. The predicted molar refractivity (Wildman–Crippen MR) is 127 cm³/mol. The maximum absolute atomic E-state index is 6.54. The molecule has 0 aliphatic carbocycles. The number of hydrogen-bond donors (Lipinski definition) is 1. The molecule has 1 nitrogen and oxygen atoms in total. The molecule has 0 aromatic heterocycles. The summed E-state index contributed by atoms with van der Waals surface area (Å²) >= 11 is 0. The van der Waals surface area contributed by atoms with Crippen molar-refractivity contribution in [3.8, 4) is 0 Å². The van der Waals surface area contributed by atoms with Crippen LogP contribution in [0.5, 0.6) is 0 Å². The second-order valence-electron chi connectivity index (χ2n) is 8.12. The first-order valence-corrected chi connectivity index (χ1v) is 12.2. The summed E-state index contributed by atoms with van der Waals surface area (Å²) in [5.41, 5.74) is 6.94. The van der Waals surface area contributed by atoms with Crippen LogP contribution in [0, 0.1) is 0 Å². The van der Waals surface area contributed by atoms with Gasteiger partial charge in [0.25, 0.3) is 0 Å². The summed E-state index contributed by atoms with van der Waals surface area (Å²) in [6, 6.07) is 33.4. The zero-order chi connectivity index (χ0) is 20.0. The van der Waals surface area contributed by atoms with Gasteiger partial charge in [-0.15, -0.1) is 0 Å². The zero-order valence-corrected chi connectivity index (χ0v) is 18.3. The van der Waals surface area contributed by atoms with Crippen molar-refractivity contribution in [2.45, 2.75) is 51.2 Å². The molecule has 3 rings (SSSR count). The van der Waals surface area contributed by atoms with Crippen LogP contribution in [0.2, 0.25) is 0 Å². The van der Waals surface area contributed by atoms with Gasteiger partial charge in [0.2, 0.25) is 0 Å². The van der Waals surface area contributed by atoms with E-state index in [2.05, 4.69) is 112 Å². The molecule has 0 aliphatic heterocycles. The van der Waals surface area contributed by atoms with Crippen LogP contribution < -0.4 is 21.6 Å². The van der Waals surface area contributed by atoms with Crippen LogP contribution in [0.1, 0.15) is 40.0 Å². The van der Waals surface area contributed by atoms with E-state index in [0.717, 1.165) is 19.3 Å². The second-order valence-corrected chi connectivity index (χ2v) is 12.0. The molecule has 0 saturated heterocycles. The average Bonchev–Trinajstić information content (AvgIpc) is 2.75. The van der Waals surface area contributed by atoms with Crippen LogP contribution in [0.3, 0.4) is 0 Å². The molecule has 2 atom stereocenters. The predicted octanol–water partition coefficient (Wildman–Crippen LogP) is 5.28. The van der Waals surface area contributed by atoms with E-state index in [1.54, 1.807) is 0 Å². The van der Waals surface area contributed by atoms with Crippen LogP contribution in [-0.4, -0.2) is 11.2 Å². The molecule has 0 aliphatic rings. The van der Waals surface area contributed by atoms with E-state index in [-0.39, 0.29) is 5.54 Å². The van der Waals surface area contributed by atoms with Crippen molar-refractivity contribution in [2.75, 3.05) is 0 Å². The third-order valence-corrected chi connectivity index (χ3v) is 11.0. The van der Waals surface area contributed by atoms with Crippen molar-refractivity contribution in [2.24, 2.45) is 5.73 Å². The molecule has 0 spiro atoms. The first-order chi connectivity index (χ1) is 13.5. The lowest BCUT2D eigenvalue weighted by Crippen LogP contribution is -2.40. The van der Waals surface area contributed by atoms with E-state index in [0.29, 0.717) is 5.66 Å². The Morgan fingerprint density at radius 2 is 1.11 bits per heavy atom. The first-order valence-electron chi connectivity index (χ1n) is 10.3. The van der Waals surface area contributed by atoms with Crippen LogP contribution in [0.4, 0.5) is 0 Å². The van der Waals surface area contributed by atoms with Gasteiger partial charge in [-0.1, -0.05) is 61.5 Å². The highest BCUT2D eigenvalue weighted by molar-refractivity contribution is 7.96. The maximum Gasteiger partial charge on any atom is 0.114 e. The topological polar surface area (TPSA) is 26.0 Å². The molecule has 146 valence electrons. The molecule has 0 saturated carbocycles. The smallest absolute Gasteiger partial charge is 0.114 e. The van der Waals surface area contributed by atoms with E-state index in [1.807, 2.05) is 0 Å². The van der Waals surface area contributed by atoms with E-state index < -0.39 is 7.26 Å². The number of hydrogen-bond acceptors (Lipinski definition) is 1. The van der Waals surface area contributed by atoms with Crippen molar-refractivity contribution in [3.63, 3.8) is 0 Å². The number of nitrogens with two attached hydrogens (primary N) is 1. The summed E-state index contributed by atoms with van der Waals surface area (Å²) in [6.45, 7) is 6.82. The third-order valence-electron chi connectivity index (χ3n) is 6.09. The van der Waals surface area contributed by atoms with Gasteiger partial charge in [-0.3, -0.25) is 0 Å². The molecule has 0 heterocycles. The van der Waals surface area contributed by atoms with Gasteiger partial charge in [-0.2, -0.15) is 0 Å².